The van der Waals surface area contributed by atoms with Gasteiger partial charge in [-0.1, -0.05) is 13.8 Å². The van der Waals surface area contributed by atoms with Gasteiger partial charge in [-0.05, 0) is 24.7 Å². The maximum Gasteiger partial charge on any atom is 0.308 e. The molecule has 0 bridgehead atoms. The second-order valence-corrected chi connectivity index (χ2v) is 4.64. The van der Waals surface area contributed by atoms with E-state index >= 15 is 0 Å². The van der Waals surface area contributed by atoms with Crippen LogP contribution in [0.5, 0.6) is 0 Å². The van der Waals surface area contributed by atoms with Gasteiger partial charge in [0.25, 0.3) is 0 Å². The van der Waals surface area contributed by atoms with Gasteiger partial charge in [0.2, 0.25) is 5.91 Å². The molecule has 1 aliphatic rings. The number of hydrogen-bond donors (Lipinski definition) is 2. The van der Waals surface area contributed by atoms with Crippen molar-refractivity contribution in [1.82, 2.24) is 5.32 Å². The molecule has 0 radical (unpaired) electrons. The molecule has 1 saturated carbocycles. The van der Waals surface area contributed by atoms with Gasteiger partial charge in [0, 0.05) is 13.0 Å². The zero-order valence-corrected chi connectivity index (χ0v) is 9.32. The van der Waals surface area contributed by atoms with Crippen LogP contribution in [0.25, 0.3) is 0 Å². The SMILES string of the molecule is CC(C)C(CNC(=O)CC1CC1)C(=O)O. The zero-order chi connectivity index (χ0) is 11.4. The first kappa shape index (κ1) is 12.0. The van der Waals surface area contributed by atoms with Crippen molar-refractivity contribution in [3.05, 3.63) is 0 Å². The average Bonchev–Trinajstić information content (AvgIpc) is 2.86. The average molecular weight is 213 g/mol. The molecule has 2 N–H and O–H groups in total. The van der Waals surface area contributed by atoms with Crippen LogP contribution in [0.2, 0.25) is 0 Å². The third kappa shape index (κ3) is 4.32. The first-order valence-electron chi connectivity index (χ1n) is 5.50. The van der Waals surface area contributed by atoms with Crippen molar-refractivity contribution >= 4 is 11.9 Å². The van der Waals surface area contributed by atoms with Crippen LogP contribution in [0.15, 0.2) is 0 Å². The van der Waals surface area contributed by atoms with E-state index < -0.39 is 11.9 Å². The smallest absolute Gasteiger partial charge is 0.308 e. The predicted octanol–water partition coefficient (Wildman–Crippen LogP) is 1.26. The zero-order valence-electron chi connectivity index (χ0n) is 9.32. The van der Waals surface area contributed by atoms with Gasteiger partial charge in [-0.3, -0.25) is 9.59 Å². The lowest BCUT2D eigenvalue weighted by atomic mass is 9.96. The lowest BCUT2D eigenvalue weighted by molar-refractivity contribution is -0.143. The van der Waals surface area contributed by atoms with Crippen LogP contribution in [0.4, 0.5) is 0 Å². The number of carboxylic acid groups (broad SMARTS) is 1. The summed E-state index contributed by atoms with van der Waals surface area (Å²) in [4.78, 5) is 22.2. The minimum atomic E-state index is -0.836. The molecule has 1 aliphatic carbocycles. The summed E-state index contributed by atoms with van der Waals surface area (Å²) in [7, 11) is 0. The third-order valence-corrected chi connectivity index (χ3v) is 2.81. The molecule has 0 spiro atoms. The highest BCUT2D eigenvalue weighted by atomic mass is 16.4. The Hall–Kier alpha value is -1.06. The number of carbonyl (C=O) groups is 2. The highest BCUT2D eigenvalue weighted by Crippen LogP contribution is 2.32. The Bertz CT molecular complexity index is 246. The maximum absolute atomic E-state index is 11.3. The summed E-state index contributed by atoms with van der Waals surface area (Å²) in [5.41, 5.74) is 0. The van der Waals surface area contributed by atoms with Crippen molar-refractivity contribution in [1.29, 1.82) is 0 Å². The molecule has 0 aliphatic heterocycles. The topological polar surface area (TPSA) is 66.4 Å². The molecule has 0 aromatic rings. The molecule has 1 fully saturated rings. The number of nitrogens with one attached hydrogen (secondary N) is 1. The molecule has 15 heavy (non-hydrogen) atoms. The van der Waals surface area contributed by atoms with Crippen LogP contribution in [0.1, 0.15) is 33.1 Å². The van der Waals surface area contributed by atoms with E-state index in [0.29, 0.717) is 12.3 Å². The van der Waals surface area contributed by atoms with Gasteiger partial charge in [0.05, 0.1) is 5.92 Å². The molecular formula is C11H19NO3. The fraction of sp³-hybridized carbons (Fsp3) is 0.818. The molecule has 0 heterocycles. The van der Waals surface area contributed by atoms with Gasteiger partial charge >= 0.3 is 5.97 Å². The summed E-state index contributed by atoms with van der Waals surface area (Å²) in [6, 6.07) is 0. The molecule has 86 valence electrons. The lowest BCUT2D eigenvalue weighted by Crippen LogP contribution is -2.35. The summed E-state index contributed by atoms with van der Waals surface area (Å²) in [6.07, 6.45) is 2.84. The number of rotatable bonds is 6. The number of aliphatic carboxylic acids is 1. The Labute approximate surface area is 90.0 Å². The Morgan fingerprint density at radius 2 is 2.00 bits per heavy atom. The van der Waals surface area contributed by atoms with Gasteiger partial charge in [0.15, 0.2) is 0 Å². The first-order valence-corrected chi connectivity index (χ1v) is 5.50. The van der Waals surface area contributed by atoms with Crippen molar-refractivity contribution in [3.63, 3.8) is 0 Å². The van der Waals surface area contributed by atoms with Crippen LogP contribution in [-0.4, -0.2) is 23.5 Å². The third-order valence-electron chi connectivity index (χ3n) is 2.81. The van der Waals surface area contributed by atoms with E-state index in [9.17, 15) is 9.59 Å². The summed E-state index contributed by atoms with van der Waals surface area (Å²) in [6.45, 7) is 3.95. The van der Waals surface area contributed by atoms with Gasteiger partial charge in [-0.15, -0.1) is 0 Å². The largest absolute Gasteiger partial charge is 0.481 e. The second kappa shape index (κ2) is 5.14. The van der Waals surface area contributed by atoms with Crippen LogP contribution >= 0.6 is 0 Å². The van der Waals surface area contributed by atoms with Crippen LogP contribution in [0, 0.1) is 17.8 Å². The fourth-order valence-electron chi connectivity index (χ4n) is 1.49. The number of amides is 1. The number of carboxylic acids is 1. The van der Waals surface area contributed by atoms with E-state index in [1.807, 2.05) is 13.8 Å². The summed E-state index contributed by atoms with van der Waals surface area (Å²) >= 11 is 0. The first-order chi connectivity index (χ1) is 7.00. The van der Waals surface area contributed by atoms with E-state index in [1.54, 1.807) is 0 Å². The molecule has 1 atom stereocenters. The standard InChI is InChI=1S/C11H19NO3/c1-7(2)9(11(14)15)6-12-10(13)5-8-3-4-8/h7-9H,3-6H2,1-2H3,(H,12,13)(H,14,15). The molecule has 4 nitrogen and oxygen atoms in total. The molecule has 1 amide bonds. The highest BCUT2D eigenvalue weighted by molar-refractivity contribution is 5.77. The maximum atomic E-state index is 11.3. The predicted molar refractivity (Wildman–Crippen MR) is 56.3 cm³/mol. The molecule has 0 saturated heterocycles. The van der Waals surface area contributed by atoms with Crippen molar-refractivity contribution in [2.45, 2.75) is 33.1 Å². The van der Waals surface area contributed by atoms with Crippen molar-refractivity contribution < 1.29 is 14.7 Å². The summed E-state index contributed by atoms with van der Waals surface area (Å²) in [5, 5.41) is 11.6. The molecule has 4 heteroatoms. The number of hydrogen-bond acceptors (Lipinski definition) is 2. The monoisotopic (exact) mass is 213 g/mol. The van der Waals surface area contributed by atoms with E-state index in [-0.39, 0.29) is 18.4 Å². The number of carbonyl (C=O) groups excluding carboxylic acids is 1. The highest BCUT2D eigenvalue weighted by Gasteiger charge is 2.26. The van der Waals surface area contributed by atoms with E-state index in [2.05, 4.69) is 5.32 Å². The van der Waals surface area contributed by atoms with Crippen LogP contribution < -0.4 is 5.32 Å². The van der Waals surface area contributed by atoms with Gasteiger partial charge < -0.3 is 10.4 Å². The molecular weight excluding hydrogens is 194 g/mol. The van der Waals surface area contributed by atoms with Gasteiger partial charge in [-0.2, -0.15) is 0 Å². The Kier molecular flexibility index (Phi) is 4.12. The normalized spacial score (nSPS) is 17.5. The van der Waals surface area contributed by atoms with Crippen LogP contribution in [0.3, 0.4) is 0 Å². The molecule has 1 unspecified atom stereocenters. The fourth-order valence-corrected chi connectivity index (χ4v) is 1.49. The van der Waals surface area contributed by atoms with Crippen molar-refractivity contribution in [2.75, 3.05) is 6.54 Å². The summed E-state index contributed by atoms with van der Waals surface area (Å²) in [5.74, 6) is -0.731. The minimum absolute atomic E-state index is 0.00981. The van der Waals surface area contributed by atoms with Crippen molar-refractivity contribution in [3.8, 4) is 0 Å². The molecule has 0 aromatic heterocycles. The van der Waals surface area contributed by atoms with E-state index in [0.717, 1.165) is 12.8 Å². The molecule has 1 rings (SSSR count). The Morgan fingerprint density at radius 3 is 2.40 bits per heavy atom. The van der Waals surface area contributed by atoms with E-state index in [1.165, 1.54) is 0 Å². The minimum Gasteiger partial charge on any atom is -0.481 e. The van der Waals surface area contributed by atoms with Gasteiger partial charge in [0.1, 0.15) is 0 Å². The quantitative estimate of drug-likeness (QED) is 0.698. The van der Waals surface area contributed by atoms with E-state index in [4.69, 9.17) is 5.11 Å². The second-order valence-electron chi connectivity index (χ2n) is 4.64. The van der Waals surface area contributed by atoms with Crippen molar-refractivity contribution in [2.24, 2.45) is 17.8 Å². The molecule has 0 aromatic carbocycles. The Morgan fingerprint density at radius 1 is 1.40 bits per heavy atom. The summed E-state index contributed by atoms with van der Waals surface area (Å²) < 4.78 is 0. The van der Waals surface area contributed by atoms with Gasteiger partial charge in [-0.25, -0.2) is 0 Å². The Balaban J connectivity index is 2.25. The van der Waals surface area contributed by atoms with Crippen LogP contribution in [-0.2, 0) is 9.59 Å². The lowest BCUT2D eigenvalue weighted by Gasteiger charge is -2.16.